The number of hydrogen-bond donors (Lipinski definition) is 2. The Morgan fingerprint density at radius 3 is 2.90 bits per heavy atom. The molecule has 6 nitrogen and oxygen atoms in total. The number of nitrogens with one attached hydrogen (secondary N) is 1. The Morgan fingerprint density at radius 1 is 1.38 bits per heavy atom. The second-order valence-electron chi connectivity index (χ2n) is 4.90. The van der Waals surface area contributed by atoms with Gasteiger partial charge in [-0.15, -0.1) is 0 Å². The van der Waals surface area contributed by atoms with Crippen molar-refractivity contribution in [2.45, 2.75) is 26.2 Å². The SMILES string of the molecule is CCCCCNC(=O)N1CCOc2c(C(=O)O)cccc21. The van der Waals surface area contributed by atoms with Crippen molar-refractivity contribution in [3.63, 3.8) is 0 Å². The number of unbranched alkanes of at least 4 members (excludes halogenated alkanes) is 2. The molecule has 0 aliphatic carbocycles. The molecule has 1 aliphatic heterocycles. The molecule has 21 heavy (non-hydrogen) atoms. The topological polar surface area (TPSA) is 78.9 Å². The van der Waals surface area contributed by atoms with Crippen LogP contribution in [-0.2, 0) is 0 Å². The van der Waals surface area contributed by atoms with E-state index in [1.54, 1.807) is 12.1 Å². The molecule has 0 saturated carbocycles. The highest BCUT2D eigenvalue weighted by molar-refractivity contribution is 5.99. The fourth-order valence-corrected chi connectivity index (χ4v) is 2.29. The van der Waals surface area contributed by atoms with Gasteiger partial charge in [0.15, 0.2) is 5.75 Å². The summed E-state index contributed by atoms with van der Waals surface area (Å²) in [4.78, 5) is 25.0. The van der Waals surface area contributed by atoms with E-state index in [9.17, 15) is 9.59 Å². The van der Waals surface area contributed by atoms with Gasteiger partial charge in [0, 0.05) is 6.54 Å². The van der Waals surface area contributed by atoms with Gasteiger partial charge < -0.3 is 15.2 Å². The van der Waals surface area contributed by atoms with Crippen LogP contribution in [0.4, 0.5) is 10.5 Å². The molecule has 1 heterocycles. The number of carbonyl (C=O) groups is 2. The Hall–Kier alpha value is -2.24. The second-order valence-corrected chi connectivity index (χ2v) is 4.90. The molecule has 0 saturated heterocycles. The number of carboxylic acid groups (broad SMARTS) is 1. The average molecular weight is 292 g/mol. The van der Waals surface area contributed by atoms with E-state index < -0.39 is 5.97 Å². The van der Waals surface area contributed by atoms with Gasteiger partial charge in [-0.2, -0.15) is 0 Å². The number of amides is 2. The number of carbonyl (C=O) groups excluding carboxylic acids is 1. The lowest BCUT2D eigenvalue weighted by molar-refractivity contribution is 0.0692. The van der Waals surface area contributed by atoms with Gasteiger partial charge in [-0.25, -0.2) is 9.59 Å². The summed E-state index contributed by atoms with van der Waals surface area (Å²) >= 11 is 0. The quantitative estimate of drug-likeness (QED) is 0.817. The van der Waals surface area contributed by atoms with Crippen LogP contribution in [0.15, 0.2) is 18.2 Å². The predicted molar refractivity (Wildman–Crippen MR) is 79.2 cm³/mol. The van der Waals surface area contributed by atoms with Crippen molar-refractivity contribution in [3.8, 4) is 5.75 Å². The number of para-hydroxylation sites is 1. The summed E-state index contributed by atoms with van der Waals surface area (Å²) in [6, 6.07) is 4.59. The van der Waals surface area contributed by atoms with E-state index in [2.05, 4.69) is 12.2 Å². The lowest BCUT2D eigenvalue weighted by Crippen LogP contribution is -2.44. The number of fused-ring (bicyclic) bond motifs is 1. The fraction of sp³-hybridized carbons (Fsp3) is 0.467. The third-order valence-electron chi connectivity index (χ3n) is 3.38. The zero-order chi connectivity index (χ0) is 15.2. The molecule has 6 heteroatoms. The van der Waals surface area contributed by atoms with E-state index in [4.69, 9.17) is 9.84 Å². The molecule has 0 fully saturated rings. The van der Waals surface area contributed by atoms with Crippen LogP contribution in [-0.4, -0.2) is 36.8 Å². The van der Waals surface area contributed by atoms with Crippen molar-refractivity contribution < 1.29 is 19.4 Å². The maximum absolute atomic E-state index is 12.2. The first-order valence-corrected chi connectivity index (χ1v) is 7.19. The summed E-state index contributed by atoms with van der Waals surface area (Å²) < 4.78 is 5.44. The molecule has 0 atom stereocenters. The standard InChI is InChI=1S/C15H20N2O4/c1-2-3-4-8-16-15(20)17-9-10-21-13-11(14(18)19)6-5-7-12(13)17/h5-7H,2-4,8-10H2,1H3,(H,16,20)(H,18,19). The molecule has 2 rings (SSSR count). The molecule has 0 spiro atoms. The number of nitrogens with zero attached hydrogens (tertiary/aromatic N) is 1. The molecular weight excluding hydrogens is 272 g/mol. The van der Waals surface area contributed by atoms with Gasteiger partial charge >= 0.3 is 12.0 Å². The lowest BCUT2D eigenvalue weighted by Gasteiger charge is -2.30. The first-order valence-electron chi connectivity index (χ1n) is 7.19. The van der Waals surface area contributed by atoms with Crippen molar-refractivity contribution in [3.05, 3.63) is 23.8 Å². The summed E-state index contributed by atoms with van der Waals surface area (Å²) in [6.45, 7) is 3.43. The predicted octanol–water partition coefficient (Wildman–Crippen LogP) is 2.48. The molecular formula is C15H20N2O4. The molecule has 0 radical (unpaired) electrons. The van der Waals surface area contributed by atoms with Crippen LogP contribution in [0.2, 0.25) is 0 Å². The Balaban J connectivity index is 2.13. The van der Waals surface area contributed by atoms with Crippen molar-refractivity contribution in [2.75, 3.05) is 24.6 Å². The first-order chi connectivity index (χ1) is 10.1. The number of ether oxygens (including phenoxy) is 1. The van der Waals surface area contributed by atoms with Gasteiger partial charge in [0.25, 0.3) is 0 Å². The summed E-state index contributed by atoms with van der Waals surface area (Å²) in [7, 11) is 0. The lowest BCUT2D eigenvalue weighted by atomic mass is 10.1. The molecule has 2 amide bonds. The van der Waals surface area contributed by atoms with E-state index in [-0.39, 0.29) is 17.3 Å². The zero-order valence-corrected chi connectivity index (χ0v) is 12.1. The van der Waals surface area contributed by atoms with Gasteiger partial charge in [-0.05, 0) is 18.6 Å². The van der Waals surface area contributed by atoms with Crippen LogP contribution >= 0.6 is 0 Å². The van der Waals surface area contributed by atoms with Crippen LogP contribution in [0.25, 0.3) is 0 Å². The van der Waals surface area contributed by atoms with Crippen molar-refractivity contribution in [2.24, 2.45) is 0 Å². The maximum atomic E-state index is 12.2. The van der Waals surface area contributed by atoms with Gasteiger partial charge in [0.1, 0.15) is 12.2 Å². The van der Waals surface area contributed by atoms with Crippen LogP contribution < -0.4 is 15.0 Å². The van der Waals surface area contributed by atoms with E-state index in [1.807, 2.05) is 0 Å². The molecule has 1 aromatic carbocycles. The molecule has 114 valence electrons. The van der Waals surface area contributed by atoms with E-state index in [1.165, 1.54) is 11.0 Å². The zero-order valence-electron chi connectivity index (χ0n) is 12.1. The second kappa shape index (κ2) is 6.97. The van der Waals surface area contributed by atoms with Crippen LogP contribution in [0.1, 0.15) is 36.5 Å². The van der Waals surface area contributed by atoms with Crippen LogP contribution in [0.3, 0.4) is 0 Å². The normalized spacial score (nSPS) is 13.3. The molecule has 0 bridgehead atoms. The maximum Gasteiger partial charge on any atom is 0.339 e. The van der Waals surface area contributed by atoms with Gasteiger partial charge in [0.05, 0.1) is 12.2 Å². The monoisotopic (exact) mass is 292 g/mol. The molecule has 0 aromatic heterocycles. The minimum atomic E-state index is -1.06. The van der Waals surface area contributed by atoms with Crippen LogP contribution in [0, 0.1) is 0 Å². The molecule has 1 aliphatic rings. The number of rotatable bonds is 5. The van der Waals surface area contributed by atoms with E-state index in [0.29, 0.717) is 25.4 Å². The minimum absolute atomic E-state index is 0.0796. The number of carboxylic acids is 1. The Morgan fingerprint density at radius 2 is 2.19 bits per heavy atom. The summed E-state index contributed by atoms with van der Waals surface area (Å²) in [5, 5.41) is 12.0. The Kier molecular flexibility index (Phi) is 5.03. The molecule has 0 unspecified atom stereocenters. The number of benzene rings is 1. The van der Waals surface area contributed by atoms with Gasteiger partial charge in [0.2, 0.25) is 0 Å². The Bertz CT molecular complexity index is 530. The third-order valence-corrected chi connectivity index (χ3v) is 3.38. The average Bonchev–Trinajstić information content (AvgIpc) is 2.50. The summed E-state index contributed by atoms with van der Waals surface area (Å²) in [5.74, 6) is -0.794. The minimum Gasteiger partial charge on any atom is -0.489 e. The Labute approximate surface area is 123 Å². The van der Waals surface area contributed by atoms with E-state index in [0.717, 1.165) is 19.3 Å². The number of hydrogen-bond acceptors (Lipinski definition) is 3. The first kappa shape index (κ1) is 15.2. The fourth-order valence-electron chi connectivity index (χ4n) is 2.29. The smallest absolute Gasteiger partial charge is 0.339 e. The number of anilines is 1. The van der Waals surface area contributed by atoms with Crippen molar-refractivity contribution in [1.29, 1.82) is 0 Å². The number of urea groups is 1. The third kappa shape index (κ3) is 3.45. The number of aromatic carboxylic acids is 1. The summed E-state index contributed by atoms with van der Waals surface area (Å²) in [6.07, 6.45) is 3.11. The van der Waals surface area contributed by atoms with Crippen molar-refractivity contribution in [1.82, 2.24) is 5.32 Å². The molecule has 2 N–H and O–H groups in total. The largest absolute Gasteiger partial charge is 0.489 e. The highest BCUT2D eigenvalue weighted by Crippen LogP contribution is 2.34. The summed E-state index contributed by atoms with van der Waals surface area (Å²) in [5.41, 5.74) is 0.588. The molecule has 1 aromatic rings. The van der Waals surface area contributed by atoms with E-state index >= 15 is 0 Å². The highest BCUT2D eigenvalue weighted by atomic mass is 16.5. The van der Waals surface area contributed by atoms with Gasteiger partial charge in [-0.1, -0.05) is 25.8 Å². The van der Waals surface area contributed by atoms with Gasteiger partial charge in [-0.3, -0.25) is 4.90 Å². The highest BCUT2D eigenvalue weighted by Gasteiger charge is 2.27. The van der Waals surface area contributed by atoms with Crippen molar-refractivity contribution >= 4 is 17.7 Å². The van der Waals surface area contributed by atoms with Crippen LogP contribution in [0.5, 0.6) is 5.75 Å².